The number of hydrogen-bond acceptors (Lipinski definition) is 6. The van der Waals surface area contributed by atoms with Crippen molar-refractivity contribution in [1.82, 2.24) is 4.98 Å². The minimum Gasteiger partial charge on any atom is -0.450 e. The zero-order chi connectivity index (χ0) is 13.5. The topological polar surface area (TPSA) is 82.6 Å². The molecule has 0 unspecified atom stereocenters. The summed E-state index contributed by atoms with van der Waals surface area (Å²) in [5.74, 6) is -2.53. The lowest BCUT2D eigenvalue weighted by Gasteiger charge is -2.04. The molecule has 0 aliphatic carbocycles. The van der Waals surface area contributed by atoms with Gasteiger partial charge in [0.25, 0.3) is 0 Å². The highest BCUT2D eigenvalue weighted by molar-refractivity contribution is 5.97. The van der Waals surface area contributed by atoms with Crippen molar-refractivity contribution < 1.29 is 23.9 Å². The molecule has 0 N–H and O–H groups in total. The zero-order valence-electron chi connectivity index (χ0n) is 9.71. The molecule has 0 spiro atoms. The van der Waals surface area contributed by atoms with E-state index in [9.17, 15) is 14.4 Å². The first kappa shape index (κ1) is 13.6. The molecule has 0 atom stereocenters. The van der Waals surface area contributed by atoms with Crippen molar-refractivity contribution in [3.63, 3.8) is 0 Å². The van der Waals surface area contributed by atoms with Crippen LogP contribution < -0.4 is 0 Å². The van der Waals surface area contributed by atoms with Gasteiger partial charge in [0.15, 0.2) is 6.61 Å². The summed E-state index contributed by atoms with van der Waals surface area (Å²) in [6.45, 7) is 4.14. The molecule has 0 saturated carbocycles. The number of hydrogen-bond donors (Lipinski definition) is 0. The summed E-state index contributed by atoms with van der Waals surface area (Å²) in [5.41, 5.74) is 0.290. The Morgan fingerprint density at radius 2 is 2.11 bits per heavy atom. The van der Waals surface area contributed by atoms with Crippen molar-refractivity contribution in [3.8, 4) is 0 Å². The predicted octanol–water partition coefficient (Wildman–Crippen LogP) is 0.884. The summed E-state index contributed by atoms with van der Waals surface area (Å²) in [5, 5.41) is 0. The summed E-state index contributed by atoms with van der Waals surface area (Å²) in [6.07, 6.45) is 2.74. The Morgan fingerprint density at radius 3 is 2.67 bits per heavy atom. The highest BCUT2D eigenvalue weighted by atomic mass is 16.6. The average molecular weight is 249 g/mol. The van der Waals surface area contributed by atoms with Crippen molar-refractivity contribution in [2.75, 3.05) is 6.61 Å². The quantitative estimate of drug-likeness (QED) is 0.447. The highest BCUT2D eigenvalue weighted by Crippen LogP contribution is 2.00. The molecular weight excluding hydrogens is 238 g/mol. The van der Waals surface area contributed by atoms with Gasteiger partial charge in [-0.05, 0) is 19.1 Å². The molecular formula is C12H11NO5. The van der Waals surface area contributed by atoms with Crippen LogP contribution in [0.2, 0.25) is 0 Å². The fraction of sp³-hybridized carbons (Fsp3) is 0.167. The third-order valence-corrected chi connectivity index (χ3v) is 1.77. The molecule has 0 saturated heterocycles. The van der Waals surface area contributed by atoms with E-state index >= 15 is 0 Å². The van der Waals surface area contributed by atoms with Gasteiger partial charge >= 0.3 is 17.9 Å². The second kappa shape index (κ2) is 6.29. The lowest BCUT2D eigenvalue weighted by atomic mass is 10.3. The number of aromatic nitrogens is 1. The van der Waals surface area contributed by atoms with Crippen molar-refractivity contribution in [2.45, 2.75) is 6.92 Å². The fourth-order valence-corrected chi connectivity index (χ4v) is 0.923. The fourth-order valence-electron chi connectivity index (χ4n) is 0.923. The van der Waals surface area contributed by atoms with E-state index in [-0.39, 0.29) is 11.1 Å². The van der Waals surface area contributed by atoms with Crippen LogP contribution in [0.1, 0.15) is 17.3 Å². The summed E-state index contributed by atoms with van der Waals surface area (Å²) in [4.78, 5) is 37.3. The molecule has 0 aliphatic heterocycles. The van der Waals surface area contributed by atoms with Crippen LogP contribution in [0.15, 0.2) is 36.7 Å². The third kappa shape index (κ3) is 4.17. The average Bonchev–Trinajstić information content (AvgIpc) is 2.36. The first-order chi connectivity index (χ1) is 8.50. The van der Waals surface area contributed by atoms with Gasteiger partial charge in [0.1, 0.15) is 0 Å². The molecule has 18 heavy (non-hydrogen) atoms. The number of carbonyl (C=O) groups is 3. The van der Waals surface area contributed by atoms with Gasteiger partial charge in [-0.15, -0.1) is 0 Å². The van der Waals surface area contributed by atoms with Gasteiger partial charge < -0.3 is 9.47 Å². The highest BCUT2D eigenvalue weighted by Gasteiger charge is 2.15. The van der Waals surface area contributed by atoms with Gasteiger partial charge in [-0.1, -0.05) is 6.58 Å². The second-order valence-corrected chi connectivity index (χ2v) is 3.36. The van der Waals surface area contributed by atoms with Crippen LogP contribution in [0, 0.1) is 0 Å². The number of rotatable bonds is 4. The number of esters is 3. The van der Waals surface area contributed by atoms with Gasteiger partial charge in [-0.3, -0.25) is 4.98 Å². The summed E-state index contributed by atoms with van der Waals surface area (Å²) >= 11 is 0. The molecule has 0 fully saturated rings. The number of nitrogens with zero attached hydrogens (tertiary/aromatic N) is 1. The Morgan fingerprint density at radius 1 is 1.39 bits per heavy atom. The first-order valence-corrected chi connectivity index (χ1v) is 4.98. The summed E-state index contributed by atoms with van der Waals surface area (Å²) in [7, 11) is 0. The molecule has 0 radical (unpaired) electrons. The Bertz CT molecular complexity index is 481. The maximum Gasteiger partial charge on any atom is 0.352 e. The monoisotopic (exact) mass is 249 g/mol. The van der Waals surface area contributed by atoms with Gasteiger partial charge in [-0.2, -0.15) is 0 Å². The maximum atomic E-state index is 11.4. The molecule has 6 heteroatoms. The molecule has 94 valence electrons. The van der Waals surface area contributed by atoms with Gasteiger partial charge in [-0.25, -0.2) is 14.4 Å². The lowest BCUT2D eigenvalue weighted by Crippen LogP contribution is -2.20. The van der Waals surface area contributed by atoms with Crippen molar-refractivity contribution >= 4 is 17.9 Å². The number of pyridine rings is 1. The lowest BCUT2D eigenvalue weighted by molar-refractivity contribution is -0.152. The number of carbonyl (C=O) groups excluding carboxylic acids is 3. The van der Waals surface area contributed by atoms with E-state index in [4.69, 9.17) is 0 Å². The van der Waals surface area contributed by atoms with Gasteiger partial charge in [0.2, 0.25) is 0 Å². The molecule has 1 aromatic rings. The van der Waals surface area contributed by atoms with Crippen molar-refractivity contribution in [2.24, 2.45) is 0 Å². The largest absolute Gasteiger partial charge is 0.450 e. The predicted molar refractivity (Wildman–Crippen MR) is 60.4 cm³/mol. The van der Waals surface area contributed by atoms with Gasteiger partial charge in [0.05, 0.1) is 5.56 Å². The summed E-state index contributed by atoms with van der Waals surface area (Å²) < 4.78 is 8.96. The smallest absolute Gasteiger partial charge is 0.352 e. The van der Waals surface area contributed by atoms with Crippen LogP contribution in [-0.4, -0.2) is 29.5 Å². The van der Waals surface area contributed by atoms with Crippen LogP contribution >= 0.6 is 0 Å². The molecule has 0 aliphatic rings. The van der Waals surface area contributed by atoms with Crippen LogP contribution in [0.5, 0.6) is 0 Å². The second-order valence-electron chi connectivity index (χ2n) is 3.36. The van der Waals surface area contributed by atoms with Crippen LogP contribution in [-0.2, 0) is 19.1 Å². The Kier molecular flexibility index (Phi) is 4.74. The molecule has 1 heterocycles. The van der Waals surface area contributed by atoms with Gasteiger partial charge in [0, 0.05) is 18.0 Å². The van der Waals surface area contributed by atoms with Crippen LogP contribution in [0.3, 0.4) is 0 Å². The van der Waals surface area contributed by atoms with E-state index < -0.39 is 24.5 Å². The molecule has 0 aromatic carbocycles. The molecule has 1 aromatic heterocycles. The molecule has 0 bridgehead atoms. The van der Waals surface area contributed by atoms with E-state index in [0.29, 0.717) is 0 Å². The van der Waals surface area contributed by atoms with E-state index in [1.54, 1.807) is 0 Å². The molecule has 1 rings (SSSR count). The molecule has 6 nitrogen and oxygen atoms in total. The zero-order valence-corrected chi connectivity index (χ0v) is 9.71. The minimum atomic E-state index is -0.960. The maximum absolute atomic E-state index is 11.4. The Hall–Kier alpha value is -2.50. The van der Waals surface area contributed by atoms with Crippen molar-refractivity contribution in [3.05, 3.63) is 42.2 Å². The van der Waals surface area contributed by atoms with Crippen LogP contribution in [0.25, 0.3) is 0 Å². The molecule has 0 amide bonds. The Labute approximate surface area is 103 Å². The SMILES string of the molecule is C=C(C)C(=O)OCC(=O)OC(=O)c1cccnc1. The third-order valence-electron chi connectivity index (χ3n) is 1.77. The van der Waals surface area contributed by atoms with Crippen LogP contribution in [0.4, 0.5) is 0 Å². The van der Waals surface area contributed by atoms with E-state index in [1.807, 2.05) is 0 Å². The van der Waals surface area contributed by atoms with E-state index in [2.05, 4.69) is 21.0 Å². The van der Waals surface area contributed by atoms with E-state index in [1.165, 1.54) is 31.5 Å². The van der Waals surface area contributed by atoms with Crippen molar-refractivity contribution in [1.29, 1.82) is 0 Å². The minimum absolute atomic E-state index is 0.136. The van der Waals surface area contributed by atoms with E-state index in [0.717, 1.165) is 0 Å². The summed E-state index contributed by atoms with van der Waals surface area (Å²) in [6, 6.07) is 2.98. The number of ether oxygens (including phenoxy) is 2. The first-order valence-electron chi connectivity index (χ1n) is 4.98. The standard InChI is InChI=1S/C12H11NO5/c1-8(2)11(15)17-7-10(14)18-12(16)9-4-3-5-13-6-9/h3-6H,1,7H2,2H3. The normalized spacial score (nSPS) is 9.39. The Balaban J connectivity index is 2.44.